The topological polar surface area (TPSA) is 98.8 Å². The highest BCUT2D eigenvalue weighted by atomic mass is 32.2. The molecule has 0 aromatic carbocycles. The Kier molecular flexibility index (Phi) is 8.27. The molecule has 0 saturated carbocycles. The smallest absolute Gasteiger partial charge is 0.407 e. The lowest BCUT2D eigenvalue weighted by molar-refractivity contribution is -0.111. The van der Waals surface area contributed by atoms with Crippen molar-refractivity contribution >= 4 is 34.0 Å². The van der Waals surface area contributed by atoms with E-state index in [1.54, 1.807) is 20.8 Å². The number of hydrogen-bond acceptors (Lipinski definition) is 6. The van der Waals surface area contributed by atoms with Gasteiger partial charge in [-0.3, -0.25) is 8.98 Å². The van der Waals surface area contributed by atoms with Gasteiger partial charge in [-0.2, -0.15) is 8.42 Å². The van der Waals surface area contributed by atoms with Gasteiger partial charge in [-0.25, -0.2) is 4.79 Å². The number of thiol groups is 1. The average molecular weight is 341 g/mol. The second-order valence-corrected chi connectivity index (χ2v) is 7.73. The van der Waals surface area contributed by atoms with Crippen molar-refractivity contribution in [1.29, 1.82) is 0 Å². The molecule has 0 bridgehead atoms. The zero-order chi connectivity index (χ0) is 16.7. The molecule has 0 aromatic rings. The van der Waals surface area contributed by atoms with Crippen LogP contribution in [0.2, 0.25) is 0 Å². The number of alkyl carbamates (subject to hydrolysis) is 1. The van der Waals surface area contributed by atoms with Crippen molar-refractivity contribution < 1.29 is 26.9 Å². The molecule has 0 fully saturated rings. The van der Waals surface area contributed by atoms with Gasteiger partial charge >= 0.3 is 6.09 Å². The molecule has 21 heavy (non-hydrogen) atoms. The van der Waals surface area contributed by atoms with Crippen LogP contribution in [0, 0.1) is 0 Å². The lowest BCUT2D eigenvalue weighted by Gasteiger charge is -2.23. The number of hydrogen-bond donors (Lipinski definition) is 2. The van der Waals surface area contributed by atoms with Crippen LogP contribution in [-0.4, -0.2) is 44.1 Å². The molecule has 0 spiro atoms. The predicted molar refractivity (Wildman–Crippen MR) is 81.8 cm³/mol. The number of carbonyl (C=O) groups is 2. The van der Waals surface area contributed by atoms with Crippen molar-refractivity contribution in [3.63, 3.8) is 0 Å². The van der Waals surface area contributed by atoms with Crippen LogP contribution in [0.1, 0.15) is 40.0 Å². The Morgan fingerprint density at radius 3 is 2.24 bits per heavy atom. The summed E-state index contributed by atoms with van der Waals surface area (Å²) in [5, 5.41) is 2.28. The standard InChI is InChI=1S/C12H23NO6S2/c1-12(2,3)19-11(15)13-9(5-6-10(14)20)7-8-18-21(4,16)17/h9H,5-8H2,1-4H3,(H,13,15)(H,14,20). The second-order valence-electron chi connectivity index (χ2n) is 5.59. The van der Waals surface area contributed by atoms with Crippen molar-refractivity contribution in [2.45, 2.75) is 51.7 Å². The van der Waals surface area contributed by atoms with Crippen molar-refractivity contribution in [2.24, 2.45) is 0 Å². The molecule has 0 aliphatic heterocycles. The first-order chi connectivity index (χ1) is 9.39. The third-order valence-corrected chi connectivity index (χ3v) is 3.01. The third kappa shape index (κ3) is 13.9. The highest BCUT2D eigenvalue weighted by molar-refractivity contribution is 7.96. The summed E-state index contributed by atoms with van der Waals surface area (Å²) < 4.78 is 31.5. The summed E-state index contributed by atoms with van der Waals surface area (Å²) in [6.07, 6.45) is 1.05. The van der Waals surface area contributed by atoms with Gasteiger partial charge in [0.15, 0.2) is 5.12 Å². The fraction of sp³-hybridized carbons (Fsp3) is 0.833. The van der Waals surface area contributed by atoms with Crippen LogP contribution < -0.4 is 5.32 Å². The lowest BCUT2D eigenvalue weighted by atomic mass is 10.1. The highest BCUT2D eigenvalue weighted by Gasteiger charge is 2.20. The van der Waals surface area contributed by atoms with Crippen LogP contribution >= 0.6 is 12.6 Å². The van der Waals surface area contributed by atoms with E-state index in [1.807, 2.05) is 0 Å². The Balaban J connectivity index is 4.44. The summed E-state index contributed by atoms with van der Waals surface area (Å²) in [5.74, 6) is 0. The third-order valence-electron chi connectivity index (χ3n) is 2.19. The first-order valence-corrected chi connectivity index (χ1v) is 8.71. The number of rotatable bonds is 8. The number of carbonyl (C=O) groups excluding carboxylic acids is 2. The zero-order valence-corrected chi connectivity index (χ0v) is 14.4. The molecule has 1 atom stereocenters. The minimum absolute atomic E-state index is 0.0833. The Bertz CT molecular complexity index is 455. The van der Waals surface area contributed by atoms with E-state index < -0.39 is 27.9 Å². The van der Waals surface area contributed by atoms with Crippen LogP contribution in [0.3, 0.4) is 0 Å². The van der Waals surface area contributed by atoms with Crippen LogP contribution in [0.4, 0.5) is 4.79 Å². The van der Waals surface area contributed by atoms with Gasteiger partial charge in [0.05, 0.1) is 12.9 Å². The first-order valence-electron chi connectivity index (χ1n) is 6.45. The van der Waals surface area contributed by atoms with Gasteiger partial charge in [-0.05, 0) is 33.6 Å². The molecule has 0 heterocycles. The van der Waals surface area contributed by atoms with Gasteiger partial charge in [-0.1, -0.05) is 0 Å². The fourth-order valence-corrected chi connectivity index (χ4v) is 1.93. The molecule has 9 heteroatoms. The van der Waals surface area contributed by atoms with Gasteiger partial charge in [-0.15, -0.1) is 12.6 Å². The molecule has 0 aliphatic carbocycles. The number of nitrogens with one attached hydrogen (secondary N) is 1. The molecule has 1 N–H and O–H groups in total. The summed E-state index contributed by atoms with van der Waals surface area (Å²) >= 11 is 3.66. The molecular weight excluding hydrogens is 318 g/mol. The summed E-state index contributed by atoms with van der Waals surface area (Å²) in [6.45, 7) is 5.10. The Morgan fingerprint density at radius 1 is 1.24 bits per heavy atom. The molecule has 124 valence electrons. The van der Waals surface area contributed by atoms with Crippen LogP contribution in [0.25, 0.3) is 0 Å². The summed E-state index contributed by atoms with van der Waals surface area (Å²) in [5.41, 5.74) is -0.642. The molecule has 0 rings (SSSR count). The molecule has 7 nitrogen and oxygen atoms in total. The van der Waals surface area contributed by atoms with Crippen LogP contribution in [0.5, 0.6) is 0 Å². The van der Waals surface area contributed by atoms with Gasteiger partial charge in [0, 0.05) is 12.5 Å². The van der Waals surface area contributed by atoms with E-state index in [-0.39, 0.29) is 24.6 Å². The predicted octanol–water partition coefficient (Wildman–Crippen LogP) is 1.48. The maximum atomic E-state index is 11.7. The second kappa shape index (κ2) is 8.60. The van der Waals surface area contributed by atoms with Crippen molar-refractivity contribution in [2.75, 3.05) is 12.9 Å². The molecule has 1 unspecified atom stereocenters. The van der Waals surface area contributed by atoms with Gasteiger partial charge in [0.2, 0.25) is 0 Å². The van der Waals surface area contributed by atoms with E-state index in [0.29, 0.717) is 6.42 Å². The summed E-state index contributed by atoms with van der Waals surface area (Å²) in [4.78, 5) is 22.6. The van der Waals surface area contributed by atoms with E-state index in [0.717, 1.165) is 6.26 Å². The number of ether oxygens (including phenoxy) is 1. The van der Waals surface area contributed by atoms with Crippen LogP contribution in [-0.2, 0) is 23.8 Å². The minimum atomic E-state index is -3.53. The lowest BCUT2D eigenvalue weighted by Crippen LogP contribution is -2.40. The van der Waals surface area contributed by atoms with E-state index >= 15 is 0 Å². The Hall–Kier alpha value is -0.800. The van der Waals surface area contributed by atoms with Gasteiger partial charge in [0.1, 0.15) is 5.60 Å². The monoisotopic (exact) mass is 341 g/mol. The van der Waals surface area contributed by atoms with Crippen molar-refractivity contribution in [3.05, 3.63) is 0 Å². The van der Waals surface area contributed by atoms with E-state index in [2.05, 4.69) is 22.1 Å². The normalized spacial score (nSPS) is 13.6. The molecule has 0 saturated heterocycles. The SMILES string of the molecule is CC(C)(C)OC(=O)NC(CCOS(C)(=O)=O)CCC(=O)S. The summed E-state index contributed by atoms with van der Waals surface area (Å²) in [7, 11) is -3.53. The largest absolute Gasteiger partial charge is 0.444 e. The first kappa shape index (κ1) is 20.2. The Labute approximate surface area is 131 Å². The molecule has 0 aliphatic rings. The quantitative estimate of drug-likeness (QED) is 0.512. The molecule has 0 aromatic heterocycles. The van der Waals surface area contributed by atoms with Crippen molar-refractivity contribution in [3.8, 4) is 0 Å². The maximum Gasteiger partial charge on any atom is 0.407 e. The fourth-order valence-electron chi connectivity index (χ4n) is 1.40. The maximum absolute atomic E-state index is 11.7. The molecule has 1 amide bonds. The molecule has 0 radical (unpaired) electrons. The Morgan fingerprint density at radius 2 is 1.81 bits per heavy atom. The van der Waals surface area contributed by atoms with Gasteiger partial charge < -0.3 is 10.1 Å². The van der Waals surface area contributed by atoms with E-state index in [9.17, 15) is 18.0 Å². The molecular formula is C12H23NO6S2. The average Bonchev–Trinajstić information content (AvgIpc) is 2.20. The van der Waals surface area contributed by atoms with E-state index in [1.165, 1.54) is 0 Å². The van der Waals surface area contributed by atoms with Gasteiger partial charge in [0.25, 0.3) is 10.1 Å². The van der Waals surface area contributed by atoms with E-state index in [4.69, 9.17) is 4.74 Å². The van der Waals surface area contributed by atoms with Crippen molar-refractivity contribution in [1.82, 2.24) is 5.32 Å². The van der Waals surface area contributed by atoms with Crippen LogP contribution in [0.15, 0.2) is 0 Å². The summed E-state index contributed by atoms with van der Waals surface area (Å²) in [6, 6.07) is -0.433. The highest BCUT2D eigenvalue weighted by Crippen LogP contribution is 2.10. The minimum Gasteiger partial charge on any atom is -0.444 e. The zero-order valence-electron chi connectivity index (χ0n) is 12.7. The number of amides is 1.